The van der Waals surface area contributed by atoms with Crippen LogP contribution in [0.4, 0.5) is 0 Å². The number of nitrogens with one attached hydrogen (secondary N) is 3. The molecule has 0 unspecified atom stereocenters. The number of carbonyl (C=O) groups excluding carboxylic acids is 6. The number of aliphatic hydroxyl groups excluding tert-OH is 1. The van der Waals surface area contributed by atoms with Gasteiger partial charge in [-0.2, -0.15) is 0 Å². The Hall–Kier alpha value is -4.08. The van der Waals surface area contributed by atoms with Crippen LogP contribution >= 0.6 is 0 Å². The van der Waals surface area contributed by atoms with E-state index in [1.54, 1.807) is 49.9 Å². The number of rotatable bonds is 24. The Kier molecular flexibility index (Phi) is 21.7. The Labute approximate surface area is 359 Å². The minimum atomic E-state index is -0.935. The molecule has 1 aliphatic heterocycles. The topological polar surface area (TPSA) is 187 Å². The predicted molar refractivity (Wildman–Crippen MR) is 231 cm³/mol. The van der Waals surface area contributed by atoms with Gasteiger partial charge in [-0.3, -0.25) is 28.8 Å². The van der Waals surface area contributed by atoms with Gasteiger partial charge in [0.1, 0.15) is 12.1 Å². The van der Waals surface area contributed by atoms with Gasteiger partial charge in [-0.15, -0.1) is 0 Å². The van der Waals surface area contributed by atoms with Crippen LogP contribution in [0, 0.1) is 23.7 Å². The van der Waals surface area contributed by atoms with Crippen LogP contribution in [-0.4, -0.2) is 140 Å². The minimum absolute atomic E-state index is 0.0299. The highest BCUT2D eigenvalue weighted by atomic mass is 16.5. The number of ether oxygens (including phenoxy) is 2. The summed E-state index contributed by atoms with van der Waals surface area (Å²) in [4.78, 5) is 85.8. The molecule has 1 aliphatic rings. The lowest BCUT2D eigenvalue weighted by Crippen LogP contribution is -2.60. The maximum Gasteiger partial charge on any atom is 0.245 e. The van der Waals surface area contributed by atoms with E-state index in [1.807, 2.05) is 59.7 Å². The summed E-state index contributed by atoms with van der Waals surface area (Å²) < 4.78 is 12.0. The van der Waals surface area contributed by atoms with Crippen molar-refractivity contribution in [2.24, 2.45) is 23.7 Å². The van der Waals surface area contributed by atoms with Gasteiger partial charge in [-0.1, -0.05) is 85.2 Å². The number of methoxy groups -OCH3 is 2. The quantitative estimate of drug-likeness (QED) is 0.121. The van der Waals surface area contributed by atoms with E-state index < -0.39 is 54.3 Å². The molecule has 0 spiro atoms. The highest BCUT2D eigenvalue weighted by molar-refractivity contribution is 5.92. The molecule has 0 radical (unpaired) electrons. The summed E-state index contributed by atoms with van der Waals surface area (Å²) in [5, 5.41) is 19.3. The number of carbonyl (C=O) groups is 6. The van der Waals surface area contributed by atoms with E-state index in [9.17, 15) is 33.9 Å². The summed E-state index contributed by atoms with van der Waals surface area (Å²) in [6, 6.07) is 5.85. The fraction of sp³-hybridized carbons (Fsp3) is 0.733. The third-order valence-corrected chi connectivity index (χ3v) is 12.3. The normalized spacial score (nSPS) is 18.7. The van der Waals surface area contributed by atoms with Gasteiger partial charge in [0.05, 0.1) is 48.8 Å². The van der Waals surface area contributed by atoms with Crippen LogP contribution in [0.2, 0.25) is 0 Å². The van der Waals surface area contributed by atoms with Crippen LogP contribution in [0.15, 0.2) is 30.3 Å². The Morgan fingerprint density at radius 2 is 1.50 bits per heavy atom. The van der Waals surface area contributed by atoms with Gasteiger partial charge >= 0.3 is 0 Å². The number of likely N-dealkylation sites (N-methyl/N-ethyl adjacent to an activating group) is 2. The summed E-state index contributed by atoms with van der Waals surface area (Å²) in [5.74, 6) is -3.03. The van der Waals surface area contributed by atoms with Crippen molar-refractivity contribution >= 4 is 35.4 Å². The van der Waals surface area contributed by atoms with Crippen molar-refractivity contribution in [2.45, 2.75) is 149 Å². The van der Waals surface area contributed by atoms with E-state index in [1.165, 1.54) is 26.2 Å². The highest BCUT2D eigenvalue weighted by Gasteiger charge is 2.43. The fourth-order valence-electron chi connectivity index (χ4n) is 8.43. The molecular weight excluding hydrogens is 769 g/mol. The highest BCUT2D eigenvalue weighted by Crippen LogP contribution is 2.30. The molecule has 60 heavy (non-hydrogen) atoms. The molecule has 1 saturated heterocycles. The van der Waals surface area contributed by atoms with Gasteiger partial charge in [-0.25, -0.2) is 0 Å². The summed E-state index contributed by atoms with van der Waals surface area (Å²) in [6.07, 6.45) is 0.435. The van der Waals surface area contributed by atoms with Crippen molar-refractivity contribution in [3.8, 4) is 0 Å². The van der Waals surface area contributed by atoms with Crippen molar-refractivity contribution in [1.29, 1.82) is 0 Å². The Bertz CT molecular complexity index is 1540. The summed E-state index contributed by atoms with van der Waals surface area (Å²) in [7, 11) is 7.84. The molecule has 1 heterocycles. The molecule has 1 aromatic rings. The standard InChI is InChI=1S/C45H76N6O9/c1-14-29(6)40(50(11)45(58)38(27(2)3)48-44(57)39(28(4)5)49(10)36(53)24-18-23-35(52)46-9)34(59-12)26-37(54)51-25-19-22-33(51)42(60-13)30(7)43(56)47-31(8)41(55)32-20-16-15-17-21-32/h15-17,20-21,27-31,33-34,38-42,55H,14,18-19,22-26H2,1-13H3,(H,46,52)(H,47,56)(H,48,57)/t29-,30+,31+,33-,34+,38-,39-,40-,41+,42+/m0/s1. The molecule has 15 heteroatoms. The summed E-state index contributed by atoms with van der Waals surface area (Å²) >= 11 is 0. The second-order valence-corrected chi connectivity index (χ2v) is 17.2. The zero-order chi connectivity index (χ0) is 45.4. The summed E-state index contributed by atoms with van der Waals surface area (Å²) in [6.45, 7) is 15.4. The lowest BCUT2D eigenvalue weighted by atomic mass is 9.89. The average Bonchev–Trinajstić information content (AvgIpc) is 3.71. The van der Waals surface area contributed by atoms with Crippen LogP contribution < -0.4 is 16.0 Å². The Morgan fingerprint density at radius 3 is 2.03 bits per heavy atom. The third kappa shape index (κ3) is 14.0. The van der Waals surface area contributed by atoms with E-state index in [0.29, 0.717) is 31.4 Å². The number of hydrogen-bond donors (Lipinski definition) is 4. The van der Waals surface area contributed by atoms with Gasteiger partial charge in [0, 0.05) is 54.7 Å². The lowest BCUT2D eigenvalue weighted by Gasteiger charge is -2.41. The number of benzene rings is 1. The molecular formula is C45H76N6O9. The van der Waals surface area contributed by atoms with Gasteiger partial charge < -0.3 is 45.2 Å². The summed E-state index contributed by atoms with van der Waals surface area (Å²) in [5.41, 5.74) is 0.692. The molecule has 10 atom stereocenters. The van der Waals surface area contributed by atoms with Crippen molar-refractivity contribution < 1.29 is 43.3 Å². The first kappa shape index (κ1) is 52.1. The molecule has 1 fully saturated rings. The number of hydrogen-bond acceptors (Lipinski definition) is 9. The second kappa shape index (κ2) is 25.0. The van der Waals surface area contributed by atoms with Gasteiger partial charge in [0.2, 0.25) is 35.4 Å². The van der Waals surface area contributed by atoms with Crippen LogP contribution in [-0.2, 0) is 38.2 Å². The SMILES string of the molecule is CC[C@H](C)[C@@H]([C@@H](CC(=O)N1CCC[C@H]1[C@H](OC)[C@@H](C)C(=O)N[C@H](C)[C@@H](O)c1ccccc1)OC)N(C)C(=O)[C@@H](NC(=O)[C@H](C(C)C)N(C)C(=O)CCCC(=O)NC)C(C)C. The molecule has 2 rings (SSSR count). The number of likely N-dealkylation sites (tertiary alicyclic amines) is 1. The van der Waals surface area contributed by atoms with Crippen molar-refractivity contribution in [3.05, 3.63) is 35.9 Å². The lowest BCUT2D eigenvalue weighted by molar-refractivity contribution is -0.148. The van der Waals surface area contributed by atoms with Crippen LogP contribution in [0.1, 0.15) is 112 Å². The smallest absolute Gasteiger partial charge is 0.245 e. The van der Waals surface area contributed by atoms with E-state index in [4.69, 9.17) is 9.47 Å². The third-order valence-electron chi connectivity index (χ3n) is 12.3. The Balaban J connectivity index is 2.26. The number of aliphatic hydroxyl groups is 1. The number of nitrogens with zero attached hydrogens (tertiary/aromatic N) is 3. The predicted octanol–water partition coefficient (Wildman–Crippen LogP) is 3.69. The zero-order valence-corrected chi connectivity index (χ0v) is 38.5. The first-order chi connectivity index (χ1) is 28.3. The van der Waals surface area contributed by atoms with Gasteiger partial charge in [0.25, 0.3) is 0 Å². The first-order valence-corrected chi connectivity index (χ1v) is 21.7. The minimum Gasteiger partial charge on any atom is -0.386 e. The van der Waals surface area contributed by atoms with E-state index in [0.717, 1.165) is 6.42 Å². The van der Waals surface area contributed by atoms with Crippen molar-refractivity contribution in [2.75, 3.05) is 41.9 Å². The maximum atomic E-state index is 14.5. The molecule has 340 valence electrons. The van der Waals surface area contributed by atoms with Crippen molar-refractivity contribution in [1.82, 2.24) is 30.7 Å². The van der Waals surface area contributed by atoms with Crippen LogP contribution in [0.25, 0.3) is 0 Å². The Morgan fingerprint density at radius 1 is 0.867 bits per heavy atom. The van der Waals surface area contributed by atoms with Gasteiger partial charge in [-0.05, 0) is 49.5 Å². The number of amides is 6. The van der Waals surface area contributed by atoms with E-state index in [2.05, 4.69) is 16.0 Å². The first-order valence-electron chi connectivity index (χ1n) is 21.7. The molecule has 0 aliphatic carbocycles. The maximum absolute atomic E-state index is 14.5. The van der Waals surface area contributed by atoms with Crippen LogP contribution in [0.5, 0.6) is 0 Å². The molecule has 0 bridgehead atoms. The molecule has 4 N–H and O–H groups in total. The zero-order valence-electron chi connectivity index (χ0n) is 38.5. The largest absolute Gasteiger partial charge is 0.386 e. The molecule has 1 aromatic carbocycles. The molecule has 0 saturated carbocycles. The fourth-order valence-corrected chi connectivity index (χ4v) is 8.43. The average molecular weight is 845 g/mol. The van der Waals surface area contributed by atoms with E-state index in [-0.39, 0.29) is 72.6 Å². The molecule has 0 aromatic heterocycles. The second-order valence-electron chi connectivity index (χ2n) is 17.2. The van der Waals surface area contributed by atoms with E-state index >= 15 is 0 Å². The molecule has 6 amide bonds. The monoisotopic (exact) mass is 845 g/mol. The molecule has 15 nitrogen and oxygen atoms in total. The van der Waals surface area contributed by atoms with Gasteiger partial charge in [0.15, 0.2) is 0 Å². The van der Waals surface area contributed by atoms with Crippen LogP contribution in [0.3, 0.4) is 0 Å². The van der Waals surface area contributed by atoms with Crippen molar-refractivity contribution in [3.63, 3.8) is 0 Å².